The number of rotatable bonds is 1. The topological polar surface area (TPSA) is 32.8 Å². The normalized spacial score (nSPS) is 37.9. The molecule has 4 nitrogen and oxygen atoms in total. The van der Waals surface area contributed by atoms with E-state index in [0.29, 0.717) is 6.92 Å². The van der Waals surface area contributed by atoms with Gasteiger partial charge in [0.1, 0.15) is 0 Å². The van der Waals surface area contributed by atoms with Crippen LogP contribution in [0.1, 0.15) is 35.9 Å². The van der Waals surface area contributed by atoms with Crippen molar-refractivity contribution in [2.75, 3.05) is 26.0 Å². The van der Waals surface area contributed by atoms with E-state index in [9.17, 15) is 18.0 Å². The summed E-state index contributed by atoms with van der Waals surface area (Å²) in [5, 5.41) is 0. The first kappa shape index (κ1) is 9.05. The quantitative estimate of drug-likeness (QED) is 0.743. The van der Waals surface area contributed by atoms with Crippen LogP contribution in [0.25, 0.3) is 0 Å². The molecule has 0 aromatic heterocycles. The highest BCUT2D eigenvalue weighted by Gasteiger charge is 2.40. The van der Waals surface area contributed by atoms with Crippen LogP contribution < -0.4 is 0 Å². The minimum Gasteiger partial charge on any atom is -0.437 e. The first-order valence-corrected chi connectivity index (χ1v) is 5.57. The predicted molar refractivity (Wildman–Crippen MR) is 64.9 cm³/mol. The van der Waals surface area contributed by atoms with Crippen molar-refractivity contribution < 1.29 is 30.9 Å². The third-order valence-corrected chi connectivity index (χ3v) is 2.31. The van der Waals surface area contributed by atoms with Gasteiger partial charge in [-0.1, -0.05) is 0 Å². The van der Waals surface area contributed by atoms with Crippen LogP contribution in [0, 0.1) is 0 Å². The van der Waals surface area contributed by atoms with E-state index in [0.717, 1.165) is 4.90 Å². The largest absolute Gasteiger partial charge is 0.437 e. The zero-order valence-corrected chi connectivity index (χ0v) is 11.1. The molecule has 1 rings (SSSR count). The van der Waals surface area contributed by atoms with Crippen LogP contribution in [0.3, 0.4) is 0 Å². The first-order valence-electron chi connectivity index (χ1n) is 8.72. The summed E-state index contributed by atoms with van der Waals surface area (Å²) in [7, 11) is 0. The zero-order valence-electron chi connectivity index (χ0n) is 17.1. The number of amides is 1. The van der Waals surface area contributed by atoms with Gasteiger partial charge in [-0.2, -0.15) is 13.2 Å². The molecule has 0 bridgehead atoms. The lowest BCUT2D eigenvalue weighted by atomic mass is 10.1. The molecular formula is C12H21F3N2O2. The van der Waals surface area contributed by atoms with Crippen LogP contribution in [0.5, 0.6) is 0 Å². The molecule has 1 fully saturated rings. The Morgan fingerprint density at radius 2 is 1.84 bits per heavy atom. The molecular weight excluding hydrogens is 261 g/mol. The van der Waals surface area contributed by atoms with Crippen LogP contribution in [0.2, 0.25) is 0 Å². The van der Waals surface area contributed by atoms with Crippen LogP contribution in [-0.4, -0.2) is 59.7 Å². The second-order valence-corrected chi connectivity index (χ2v) is 4.99. The molecule has 19 heavy (non-hydrogen) atoms. The van der Waals surface area contributed by atoms with Gasteiger partial charge in [0, 0.05) is 35.7 Å². The van der Waals surface area contributed by atoms with Gasteiger partial charge >= 0.3 is 12.3 Å². The van der Waals surface area contributed by atoms with Crippen molar-refractivity contribution in [2.24, 2.45) is 0 Å². The van der Waals surface area contributed by atoms with Gasteiger partial charge in [-0.05, 0) is 27.7 Å². The number of alkyl halides is 3. The summed E-state index contributed by atoms with van der Waals surface area (Å²) in [5.41, 5.74) is -1.09. The highest BCUT2D eigenvalue weighted by atomic mass is 19.4. The van der Waals surface area contributed by atoms with Gasteiger partial charge in [-0.3, -0.25) is 4.90 Å². The van der Waals surface area contributed by atoms with E-state index in [1.807, 2.05) is 0 Å². The van der Waals surface area contributed by atoms with E-state index < -0.39 is 49.9 Å². The molecule has 0 spiro atoms. The number of piperazine rings is 1. The second kappa shape index (κ2) is 5.56. The molecule has 7 heteroatoms. The third-order valence-electron chi connectivity index (χ3n) is 2.31. The molecule has 0 aromatic rings. The Morgan fingerprint density at radius 1 is 1.26 bits per heavy atom. The van der Waals surface area contributed by atoms with Gasteiger partial charge in [0.2, 0.25) is 0 Å². The molecule has 112 valence electrons. The number of carbonyl (C=O) groups excluding carboxylic acids is 1. The van der Waals surface area contributed by atoms with Crippen LogP contribution in [0.15, 0.2) is 0 Å². The second-order valence-electron chi connectivity index (χ2n) is 4.99. The molecule has 3 unspecified atom stereocenters. The molecule has 1 amide bonds. The van der Waals surface area contributed by atoms with E-state index >= 15 is 0 Å². The Balaban J connectivity index is 3.28. The summed E-state index contributed by atoms with van der Waals surface area (Å²) in [6.07, 6.45) is -9.31. The van der Waals surface area contributed by atoms with Gasteiger partial charge in [0.25, 0.3) is 0 Å². The van der Waals surface area contributed by atoms with Gasteiger partial charge in [-0.25, -0.2) is 4.79 Å². The number of hydrogen-bond donors (Lipinski definition) is 0. The maximum Gasteiger partial charge on any atom is 0.425 e. The summed E-state index contributed by atoms with van der Waals surface area (Å²) in [6, 6.07) is 0. The molecule has 0 aliphatic carbocycles. The molecule has 1 saturated heterocycles. The van der Waals surface area contributed by atoms with E-state index in [1.54, 1.807) is 0 Å². The van der Waals surface area contributed by atoms with E-state index in [-0.39, 0.29) is 4.90 Å². The van der Waals surface area contributed by atoms with E-state index in [4.69, 9.17) is 8.22 Å². The van der Waals surface area contributed by atoms with Crippen molar-refractivity contribution in [3.63, 3.8) is 0 Å². The smallest absolute Gasteiger partial charge is 0.425 e. The minimum atomic E-state index is -4.90. The summed E-state index contributed by atoms with van der Waals surface area (Å²) in [5.74, 6) is 0. The van der Waals surface area contributed by atoms with Crippen molar-refractivity contribution >= 4 is 6.09 Å². The van der Waals surface area contributed by atoms with Crippen molar-refractivity contribution in [1.29, 1.82) is 0 Å². The summed E-state index contributed by atoms with van der Waals surface area (Å²) in [6.45, 7) is -4.86. The Morgan fingerprint density at radius 3 is 2.32 bits per heavy atom. The first-order chi connectivity index (χ1) is 10.9. The fourth-order valence-corrected chi connectivity index (χ4v) is 1.08. The monoisotopic (exact) mass is 288 g/mol. The zero-order chi connectivity index (χ0) is 20.2. The third kappa shape index (κ3) is 4.56. The summed E-state index contributed by atoms with van der Waals surface area (Å²) in [4.78, 5) is 12.7. The molecule has 1 heterocycles. The standard InChI is InChI=1S/C12H21F3N2O2/c1-9(12(13,14)15)19-10(18)16-5-7-17(8-6-16)11(2,3)4/h9H,5-8H2,1-4H3/i5D,6D2,7D2,8D. The Labute approximate surface area is 119 Å². The number of carbonyl (C=O) groups is 1. The summed E-state index contributed by atoms with van der Waals surface area (Å²) >= 11 is 0. The molecule has 0 aromatic carbocycles. The molecule has 1 aliphatic heterocycles. The number of nitrogens with zero attached hydrogens (tertiary/aromatic N) is 2. The number of halogens is 3. The Hall–Kier alpha value is -0.980. The maximum absolute atomic E-state index is 12.6. The average Bonchev–Trinajstić information content (AvgIpc) is 2.33. The molecule has 0 radical (unpaired) electrons. The molecule has 3 atom stereocenters. The SMILES string of the molecule is [2H]C1N(C(C)(C)C)C([2H])([2H])C([2H])N(C(=O)OC(C)C(F)(F)F)C1([2H])[2H]. The average molecular weight is 288 g/mol. The van der Waals surface area contributed by atoms with Crippen molar-refractivity contribution in [3.8, 4) is 0 Å². The lowest BCUT2D eigenvalue weighted by molar-refractivity contribution is -0.200. The number of ether oxygens (including phenoxy) is 1. The van der Waals surface area contributed by atoms with Crippen LogP contribution in [-0.2, 0) is 4.74 Å². The van der Waals surface area contributed by atoms with Gasteiger partial charge in [0.15, 0.2) is 6.10 Å². The fourth-order valence-electron chi connectivity index (χ4n) is 1.08. The Bertz CT molecular complexity index is 526. The van der Waals surface area contributed by atoms with Gasteiger partial charge in [-0.15, -0.1) is 0 Å². The van der Waals surface area contributed by atoms with Crippen LogP contribution >= 0.6 is 0 Å². The predicted octanol–water partition coefficient (Wildman–Crippen LogP) is 2.49. The highest BCUT2D eigenvalue weighted by Crippen LogP contribution is 2.23. The van der Waals surface area contributed by atoms with Crippen LogP contribution in [0.4, 0.5) is 18.0 Å². The highest BCUT2D eigenvalue weighted by molar-refractivity contribution is 5.68. The molecule has 0 N–H and O–H groups in total. The molecule has 0 saturated carbocycles. The van der Waals surface area contributed by atoms with Gasteiger partial charge < -0.3 is 9.64 Å². The summed E-state index contributed by atoms with van der Waals surface area (Å²) < 4.78 is 89.7. The van der Waals surface area contributed by atoms with Crippen molar-refractivity contribution in [2.45, 2.75) is 45.5 Å². The Kier molecular flexibility index (Phi) is 2.65. The lowest BCUT2D eigenvalue weighted by Crippen LogP contribution is -2.55. The van der Waals surface area contributed by atoms with Crippen molar-refractivity contribution in [3.05, 3.63) is 0 Å². The van der Waals surface area contributed by atoms with Gasteiger partial charge in [0.05, 0.1) is 4.11 Å². The lowest BCUT2D eigenvalue weighted by Gasteiger charge is -2.42. The minimum absolute atomic E-state index is 0.0881. The number of hydrogen-bond acceptors (Lipinski definition) is 3. The molecule has 1 aliphatic rings. The maximum atomic E-state index is 12.6. The van der Waals surface area contributed by atoms with Crippen molar-refractivity contribution in [1.82, 2.24) is 9.80 Å². The fraction of sp³-hybridized carbons (Fsp3) is 0.917. The van der Waals surface area contributed by atoms with E-state index in [1.165, 1.54) is 20.8 Å². The van der Waals surface area contributed by atoms with E-state index in [2.05, 4.69) is 4.74 Å².